The quantitative estimate of drug-likeness (QED) is 0.710. The maximum Gasteiger partial charge on any atom is 0.243 e. The molecular formula is C18H22Cl2N4O3S. The SMILES string of the molecule is CN(Cc1c(Cl)cnn1C)C(=O)C1CCN(S(=O)(=O)c2ccc(Cl)cc2)CC1. The lowest BCUT2D eigenvalue weighted by Crippen LogP contribution is -2.43. The molecule has 0 atom stereocenters. The number of amides is 1. The van der Waals surface area contributed by atoms with Crippen LogP contribution in [0.2, 0.25) is 10.0 Å². The van der Waals surface area contributed by atoms with Gasteiger partial charge in [0.05, 0.1) is 28.4 Å². The second kappa shape index (κ2) is 8.41. The van der Waals surface area contributed by atoms with Crippen LogP contribution in [0.1, 0.15) is 18.5 Å². The van der Waals surface area contributed by atoms with Gasteiger partial charge < -0.3 is 4.90 Å². The van der Waals surface area contributed by atoms with Crippen LogP contribution in [0.4, 0.5) is 0 Å². The van der Waals surface area contributed by atoms with Crippen molar-refractivity contribution in [3.63, 3.8) is 0 Å². The average molecular weight is 445 g/mol. The fourth-order valence-corrected chi connectivity index (χ4v) is 5.15. The van der Waals surface area contributed by atoms with Crippen molar-refractivity contribution in [1.82, 2.24) is 19.0 Å². The Kier molecular flexibility index (Phi) is 6.34. The zero-order valence-electron chi connectivity index (χ0n) is 15.7. The molecule has 0 N–H and O–H groups in total. The van der Waals surface area contributed by atoms with Crippen molar-refractivity contribution in [2.24, 2.45) is 13.0 Å². The molecule has 1 aromatic heterocycles. The molecule has 0 saturated carbocycles. The van der Waals surface area contributed by atoms with Gasteiger partial charge in [-0.2, -0.15) is 9.40 Å². The van der Waals surface area contributed by atoms with E-state index < -0.39 is 10.0 Å². The maximum absolute atomic E-state index is 12.8. The molecule has 2 aromatic rings. The van der Waals surface area contributed by atoms with E-state index in [2.05, 4.69) is 5.10 Å². The van der Waals surface area contributed by atoms with Gasteiger partial charge in [0.25, 0.3) is 0 Å². The van der Waals surface area contributed by atoms with Gasteiger partial charge in [0.15, 0.2) is 0 Å². The van der Waals surface area contributed by atoms with Gasteiger partial charge in [-0.15, -0.1) is 0 Å². The van der Waals surface area contributed by atoms with Gasteiger partial charge in [0.1, 0.15) is 0 Å². The lowest BCUT2D eigenvalue weighted by molar-refractivity contribution is -0.136. The minimum atomic E-state index is -3.58. The second-order valence-corrected chi connectivity index (χ2v) is 9.67. The first-order chi connectivity index (χ1) is 13.2. The maximum atomic E-state index is 12.8. The van der Waals surface area contributed by atoms with Crippen molar-refractivity contribution < 1.29 is 13.2 Å². The number of carbonyl (C=O) groups is 1. The van der Waals surface area contributed by atoms with Gasteiger partial charge in [-0.3, -0.25) is 9.48 Å². The van der Waals surface area contributed by atoms with Gasteiger partial charge in [-0.25, -0.2) is 8.42 Å². The molecule has 1 fully saturated rings. The number of benzene rings is 1. The number of aromatic nitrogens is 2. The summed E-state index contributed by atoms with van der Waals surface area (Å²) in [6.45, 7) is 0.973. The minimum Gasteiger partial charge on any atom is -0.340 e. The van der Waals surface area contributed by atoms with E-state index in [9.17, 15) is 13.2 Å². The summed E-state index contributed by atoms with van der Waals surface area (Å²) in [4.78, 5) is 14.6. The van der Waals surface area contributed by atoms with Gasteiger partial charge in [-0.1, -0.05) is 23.2 Å². The van der Waals surface area contributed by atoms with E-state index in [-0.39, 0.29) is 16.7 Å². The molecule has 0 radical (unpaired) electrons. The Morgan fingerprint density at radius 2 is 1.82 bits per heavy atom. The molecule has 1 aliphatic rings. The number of aryl methyl sites for hydroxylation is 1. The Bertz CT molecular complexity index is 932. The van der Waals surface area contributed by atoms with Gasteiger partial charge >= 0.3 is 0 Å². The van der Waals surface area contributed by atoms with Crippen LogP contribution in [-0.4, -0.2) is 53.4 Å². The van der Waals surface area contributed by atoms with Crippen LogP contribution in [0.25, 0.3) is 0 Å². The lowest BCUT2D eigenvalue weighted by Gasteiger charge is -2.32. The average Bonchev–Trinajstić information content (AvgIpc) is 2.99. The normalized spacial score (nSPS) is 16.3. The van der Waals surface area contributed by atoms with E-state index in [1.165, 1.54) is 16.4 Å². The molecule has 1 aromatic carbocycles. The molecule has 2 heterocycles. The van der Waals surface area contributed by atoms with Crippen LogP contribution in [0, 0.1) is 5.92 Å². The third-order valence-corrected chi connectivity index (χ3v) is 7.51. The molecule has 3 rings (SSSR count). The standard InChI is InChI=1S/C18H22Cl2N4O3S/c1-22(12-17-16(20)11-21-23(17)2)18(25)13-7-9-24(10-8-13)28(26,27)15-5-3-14(19)4-6-15/h3-6,11,13H,7-10,12H2,1-2H3. The number of carbonyl (C=O) groups excluding carboxylic acids is 1. The van der Waals surface area contributed by atoms with Crippen molar-refractivity contribution in [2.75, 3.05) is 20.1 Å². The molecule has 0 aliphatic carbocycles. The summed E-state index contributed by atoms with van der Waals surface area (Å²) in [5.41, 5.74) is 0.764. The zero-order chi connectivity index (χ0) is 20.5. The number of halogens is 2. The monoisotopic (exact) mass is 444 g/mol. The fraction of sp³-hybridized carbons (Fsp3) is 0.444. The lowest BCUT2D eigenvalue weighted by atomic mass is 9.96. The molecule has 1 aliphatic heterocycles. The summed E-state index contributed by atoms with van der Waals surface area (Å²) >= 11 is 12.0. The van der Waals surface area contributed by atoms with Crippen molar-refractivity contribution in [3.05, 3.63) is 46.2 Å². The topological polar surface area (TPSA) is 75.5 Å². The van der Waals surface area contributed by atoms with E-state index in [1.54, 1.807) is 42.0 Å². The first kappa shape index (κ1) is 21.1. The molecule has 0 bridgehead atoms. The first-order valence-electron chi connectivity index (χ1n) is 8.87. The van der Waals surface area contributed by atoms with Crippen LogP contribution in [-0.2, 0) is 28.4 Å². The summed E-state index contributed by atoms with van der Waals surface area (Å²) in [5.74, 6) is -0.227. The summed E-state index contributed by atoms with van der Waals surface area (Å²) < 4.78 is 28.6. The predicted molar refractivity (Wildman–Crippen MR) is 108 cm³/mol. The van der Waals surface area contributed by atoms with E-state index >= 15 is 0 Å². The molecule has 28 heavy (non-hydrogen) atoms. The highest BCUT2D eigenvalue weighted by Crippen LogP contribution is 2.26. The number of hydrogen-bond donors (Lipinski definition) is 0. The third kappa shape index (κ3) is 4.35. The number of rotatable bonds is 5. The van der Waals surface area contributed by atoms with Gasteiger partial charge in [-0.05, 0) is 37.1 Å². The second-order valence-electron chi connectivity index (χ2n) is 6.89. The summed E-state index contributed by atoms with van der Waals surface area (Å²) in [6.07, 6.45) is 2.51. The van der Waals surface area contributed by atoms with Crippen molar-refractivity contribution in [3.8, 4) is 0 Å². The van der Waals surface area contributed by atoms with E-state index in [0.29, 0.717) is 42.5 Å². The Labute approximate surface area is 174 Å². The molecule has 10 heteroatoms. The van der Waals surface area contributed by atoms with Crippen LogP contribution in [0.5, 0.6) is 0 Å². The Morgan fingerprint density at radius 1 is 1.21 bits per heavy atom. The summed E-state index contributed by atoms with van der Waals surface area (Å²) in [7, 11) is -0.0776. The van der Waals surface area contributed by atoms with E-state index in [4.69, 9.17) is 23.2 Å². The minimum absolute atomic E-state index is 0.0131. The molecule has 1 amide bonds. The third-order valence-electron chi connectivity index (χ3n) is 5.03. The molecular weight excluding hydrogens is 423 g/mol. The smallest absolute Gasteiger partial charge is 0.243 e. The molecule has 0 spiro atoms. The predicted octanol–water partition coefficient (Wildman–Crippen LogP) is 2.79. The Morgan fingerprint density at radius 3 is 2.36 bits per heavy atom. The summed E-state index contributed by atoms with van der Waals surface area (Å²) in [5, 5.41) is 5.08. The van der Waals surface area contributed by atoms with Crippen molar-refractivity contribution in [2.45, 2.75) is 24.3 Å². The Hall–Kier alpha value is -1.61. The van der Waals surface area contributed by atoms with Gasteiger partial charge in [0.2, 0.25) is 15.9 Å². The Balaban J connectivity index is 1.61. The first-order valence-corrected chi connectivity index (χ1v) is 11.1. The van der Waals surface area contributed by atoms with Gasteiger partial charge in [0, 0.05) is 38.1 Å². The fourth-order valence-electron chi connectivity index (χ4n) is 3.33. The zero-order valence-corrected chi connectivity index (χ0v) is 18.0. The summed E-state index contributed by atoms with van der Waals surface area (Å²) in [6, 6.07) is 6.12. The van der Waals surface area contributed by atoms with Crippen LogP contribution in [0.3, 0.4) is 0 Å². The van der Waals surface area contributed by atoms with Crippen LogP contribution < -0.4 is 0 Å². The largest absolute Gasteiger partial charge is 0.340 e. The molecule has 1 saturated heterocycles. The van der Waals surface area contributed by atoms with Crippen molar-refractivity contribution >= 4 is 39.1 Å². The highest BCUT2D eigenvalue weighted by Gasteiger charge is 2.33. The van der Waals surface area contributed by atoms with Crippen LogP contribution in [0.15, 0.2) is 35.4 Å². The highest BCUT2D eigenvalue weighted by molar-refractivity contribution is 7.89. The number of nitrogens with zero attached hydrogens (tertiary/aromatic N) is 4. The molecule has 152 valence electrons. The van der Waals surface area contributed by atoms with E-state index in [0.717, 1.165) is 5.69 Å². The van der Waals surface area contributed by atoms with E-state index in [1.807, 2.05) is 0 Å². The van der Waals surface area contributed by atoms with Crippen molar-refractivity contribution in [1.29, 1.82) is 0 Å². The number of sulfonamides is 1. The number of hydrogen-bond acceptors (Lipinski definition) is 4. The number of piperidine rings is 1. The van der Waals surface area contributed by atoms with Crippen LogP contribution >= 0.6 is 23.2 Å². The highest BCUT2D eigenvalue weighted by atomic mass is 35.5. The molecule has 7 nitrogen and oxygen atoms in total. The molecule has 0 unspecified atom stereocenters.